The molecule has 0 aromatic rings. The molecule has 0 aromatic heterocycles. The predicted octanol–water partition coefficient (Wildman–Crippen LogP) is 0.612. The molecule has 0 amide bonds. The Morgan fingerprint density at radius 3 is 3.13 bits per heavy atom. The molecule has 0 radical (unpaired) electrons. The summed E-state index contributed by atoms with van der Waals surface area (Å²) in [5.41, 5.74) is 0. The molecule has 0 bridgehead atoms. The van der Waals surface area contributed by atoms with E-state index in [4.69, 9.17) is 5.26 Å². The maximum atomic E-state index is 9.10. The Morgan fingerprint density at radius 2 is 2.47 bits per heavy atom. The summed E-state index contributed by atoms with van der Waals surface area (Å²) in [6, 6.07) is 2.71. The van der Waals surface area contributed by atoms with E-state index < -0.39 is 0 Å². The zero-order valence-corrected chi connectivity index (χ0v) is 9.24. The van der Waals surface area contributed by atoms with Crippen LogP contribution in [0.15, 0.2) is 4.99 Å². The van der Waals surface area contributed by atoms with E-state index in [9.17, 15) is 0 Å². The van der Waals surface area contributed by atoms with Crippen LogP contribution in [0.5, 0.6) is 0 Å². The number of nitrogens with zero attached hydrogens (tertiary/aromatic N) is 3. The fourth-order valence-electron chi connectivity index (χ4n) is 2.29. The minimum absolute atomic E-state index is 0.104. The van der Waals surface area contributed by atoms with E-state index in [1.165, 1.54) is 0 Å². The fourth-order valence-corrected chi connectivity index (χ4v) is 2.29. The number of nitrogens with one attached hydrogen (secondary N) is 1. The van der Waals surface area contributed by atoms with E-state index >= 15 is 0 Å². The van der Waals surface area contributed by atoms with Crippen molar-refractivity contribution >= 4 is 5.84 Å². The highest BCUT2D eigenvalue weighted by molar-refractivity contribution is 5.83. The third-order valence-corrected chi connectivity index (χ3v) is 3.21. The quantitative estimate of drug-likeness (QED) is 0.684. The van der Waals surface area contributed by atoms with Gasteiger partial charge in [-0.2, -0.15) is 5.26 Å². The average molecular weight is 206 g/mol. The summed E-state index contributed by atoms with van der Waals surface area (Å²) < 4.78 is 0. The standard InChI is InChI=1S/C11H18N4/c1-15-6-4-10(9(7-12)8-15)14-11-3-2-5-13-11/h9-10H,2-6,8H2,1H3,(H,13,14). The Hall–Kier alpha value is -1.08. The lowest BCUT2D eigenvalue weighted by atomic mass is 9.93. The summed E-state index contributed by atoms with van der Waals surface area (Å²) in [7, 11) is 2.08. The highest BCUT2D eigenvalue weighted by atomic mass is 15.1. The van der Waals surface area contributed by atoms with Gasteiger partial charge in [0.15, 0.2) is 0 Å². The van der Waals surface area contributed by atoms with E-state index in [1.807, 2.05) is 0 Å². The van der Waals surface area contributed by atoms with Gasteiger partial charge in [0.05, 0.1) is 17.8 Å². The molecule has 2 atom stereocenters. The van der Waals surface area contributed by atoms with Crippen LogP contribution in [0.25, 0.3) is 0 Å². The monoisotopic (exact) mass is 206 g/mol. The molecule has 82 valence electrons. The summed E-state index contributed by atoms with van der Waals surface area (Å²) in [4.78, 5) is 6.62. The molecule has 2 aliphatic heterocycles. The van der Waals surface area contributed by atoms with Crippen molar-refractivity contribution in [2.75, 3.05) is 26.7 Å². The second-order valence-corrected chi connectivity index (χ2v) is 4.47. The van der Waals surface area contributed by atoms with Crippen LogP contribution in [0.3, 0.4) is 0 Å². The molecule has 1 saturated heterocycles. The predicted molar refractivity (Wildman–Crippen MR) is 59.7 cm³/mol. The number of nitriles is 1. The van der Waals surface area contributed by atoms with E-state index in [1.54, 1.807) is 0 Å². The second-order valence-electron chi connectivity index (χ2n) is 4.47. The fraction of sp³-hybridized carbons (Fsp3) is 0.818. The minimum atomic E-state index is 0.104. The molecule has 1 N–H and O–H groups in total. The van der Waals surface area contributed by atoms with Crippen LogP contribution in [-0.2, 0) is 0 Å². The van der Waals surface area contributed by atoms with Crippen molar-refractivity contribution in [1.29, 1.82) is 5.26 Å². The Bertz CT molecular complexity index is 291. The molecule has 2 rings (SSSR count). The Kier molecular flexibility index (Phi) is 3.22. The lowest BCUT2D eigenvalue weighted by Gasteiger charge is -2.33. The van der Waals surface area contributed by atoms with Gasteiger partial charge in [-0.05, 0) is 26.4 Å². The van der Waals surface area contributed by atoms with Gasteiger partial charge in [0.1, 0.15) is 0 Å². The van der Waals surface area contributed by atoms with Gasteiger partial charge < -0.3 is 10.2 Å². The topological polar surface area (TPSA) is 51.4 Å². The average Bonchev–Trinajstić information content (AvgIpc) is 2.73. The van der Waals surface area contributed by atoms with Gasteiger partial charge in [-0.15, -0.1) is 0 Å². The van der Waals surface area contributed by atoms with Gasteiger partial charge in [0.25, 0.3) is 0 Å². The van der Waals surface area contributed by atoms with Crippen LogP contribution in [0.2, 0.25) is 0 Å². The Morgan fingerprint density at radius 1 is 1.60 bits per heavy atom. The third kappa shape index (κ3) is 2.48. The van der Waals surface area contributed by atoms with Crippen molar-refractivity contribution < 1.29 is 0 Å². The first-order valence-corrected chi connectivity index (χ1v) is 5.67. The molecule has 15 heavy (non-hydrogen) atoms. The summed E-state index contributed by atoms with van der Waals surface area (Å²) in [6.07, 6.45) is 3.27. The van der Waals surface area contributed by atoms with Crippen LogP contribution in [0.4, 0.5) is 0 Å². The molecule has 4 heteroatoms. The number of amidine groups is 1. The van der Waals surface area contributed by atoms with Crippen LogP contribution in [0, 0.1) is 17.2 Å². The van der Waals surface area contributed by atoms with Crippen molar-refractivity contribution in [3.63, 3.8) is 0 Å². The Labute approximate surface area is 91.0 Å². The van der Waals surface area contributed by atoms with Gasteiger partial charge in [0.2, 0.25) is 0 Å². The van der Waals surface area contributed by atoms with Gasteiger partial charge in [-0.1, -0.05) is 0 Å². The molecule has 2 aliphatic rings. The molecule has 0 spiro atoms. The SMILES string of the molecule is CN1CCC(NC2=NCCC2)C(C#N)C1. The molecule has 4 nitrogen and oxygen atoms in total. The van der Waals surface area contributed by atoms with E-state index in [0.29, 0.717) is 6.04 Å². The van der Waals surface area contributed by atoms with Crippen molar-refractivity contribution in [2.45, 2.75) is 25.3 Å². The molecular weight excluding hydrogens is 188 g/mol. The number of rotatable bonds is 1. The van der Waals surface area contributed by atoms with Crippen LogP contribution in [0.1, 0.15) is 19.3 Å². The number of likely N-dealkylation sites (tertiary alicyclic amines) is 1. The summed E-state index contributed by atoms with van der Waals surface area (Å²) >= 11 is 0. The van der Waals surface area contributed by atoms with Crippen LogP contribution in [-0.4, -0.2) is 43.5 Å². The summed E-state index contributed by atoms with van der Waals surface area (Å²) in [5, 5.41) is 12.5. The van der Waals surface area contributed by atoms with Gasteiger partial charge in [-0.25, -0.2) is 0 Å². The number of hydrogen-bond acceptors (Lipinski definition) is 4. The van der Waals surface area contributed by atoms with E-state index in [0.717, 1.165) is 44.7 Å². The zero-order valence-electron chi connectivity index (χ0n) is 9.24. The lowest BCUT2D eigenvalue weighted by Crippen LogP contribution is -2.49. The maximum Gasteiger partial charge on any atom is 0.0966 e. The van der Waals surface area contributed by atoms with Crippen LogP contribution >= 0.6 is 0 Å². The van der Waals surface area contributed by atoms with E-state index in [-0.39, 0.29) is 5.92 Å². The van der Waals surface area contributed by atoms with E-state index in [2.05, 4.69) is 28.3 Å². The molecule has 0 saturated carbocycles. The first-order valence-electron chi connectivity index (χ1n) is 5.67. The zero-order chi connectivity index (χ0) is 10.7. The smallest absolute Gasteiger partial charge is 0.0966 e. The molecule has 2 unspecified atom stereocenters. The largest absolute Gasteiger partial charge is 0.370 e. The van der Waals surface area contributed by atoms with Gasteiger partial charge in [-0.3, -0.25) is 4.99 Å². The molecule has 0 aromatic carbocycles. The van der Waals surface area contributed by atoms with Crippen molar-refractivity contribution in [1.82, 2.24) is 10.2 Å². The normalized spacial score (nSPS) is 32.1. The molecule has 2 heterocycles. The van der Waals surface area contributed by atoms with Crippen LogP contribution < -0.4 is 5.32 Å². The number of piperidine rings is 1. The first-order chi connectivity index (χ1) is 7.29. The summed E-state index contributed by atoms with van der Waals surface area (Å²) in [5.74, 6) is 1.22. The minimum Gasteiger partial charge on any atom is -0.370 e. The Balaban J connectivity index is 1.92. The number of hydrogen-bond donors (Lipinski definition) is 1. The van der Waals surface area contributed by atoms with Gasteiger partial charge >= 0.3 is 0 Å². The second kappa shape index (κ2) is 4.63. The van der Waals surface area contributed by atoms with Gasteiger partial charge in [0, 0.05) is 25.6 Å². The molecular formula is C11H18N4. The maximum absolute atomic E-state index is 9.10. The lowest BCUT2D eigenvalue weighted by molar-refractivity contribution is 0.207. The molecule has 0 aliphatic carbocycles. The summed E-state index contributed by atoms with van der Waals surface area (Å²) in [6.45, 7) is 2.90. The number of aliphatic imine (C=N–C) groups is 1. The van der Waals surface area contributed by atoms with Crippen molar-refractivity contribution in [3.05, 3.63) is 0 Å². The highest BCUT2D eigenvalue weighted by Gasteiger charge is 2.28. The molecule has 1 fully saturated rings. The third-order valence-electron chi connectivity index (χ3n) is 3.21. The first kappa shape index (κ1) is 10.4. The van der Waals surface area contributed by atoms with Crippen molar-refractivity contribution in [3.8, 4) is 6.07 Å². The highest BCUT2D eigenvalue weighted by Crippen LogP contribution is 2.16. The van der Waals surface area contributed by atoms with Crippen molar-refractivity contribution in [2.24, 2.45) is 10.9 Å².